The Kier molecular flexibility index (Phi) is 16.8. The highest BCUT2D eigenvalue weighted by atomic mass is 31.2. The molecule has 0 bridgehead atoms. The summed E-state index contributed by atoms with van der Waals surface area (Å²) < 4.78 is 38.3. The molecule has 290 valence electrons. The Morgan fingerprint density at radius 2 is 1.02 bits per heavy atom. The van der Waals surface area contributed by atoms with Gasteiger partial charge in [0, 0.05) is 13.8 Å². The number of allylic oxidation sites excluding steroid dienone is 20. The molecule has 53 heavy (non-hydrogen) atoms. The third-order valence-electron chi connectivity index (χ3n) is 9.08. The largest absolute Gasteiger partial charge is 0.779 e. The van der Waals surface area contributed by atoms with Gasteiger partial charge in [-0.3, -0.25) is 18.6 Å². The number of rotatable bonds is 15. The molecule has 0 saturated heterocycles. The number of phosphoric ester groups is 1. The van der Waals surface area contributed by atoms with Gasteiger partial charge in [0.1, 0.15) is 19.8 Å². The van der Waals surface area contributed by atoms with Gasteiger partial charge in [-0.2, -0.15) is 0 Å². The van der Waals surface area contributed by atoms with E-state index >= 15 is 0 Å². The minimum atomic E-state index is -4.29. The highest BCUT2D eigenvalue weighted by Gasteiger charge is 2.42. The van der Waals surface area contributed by atoms with E-state index in [0.29, 0.717) is 17.6 Å². The highest BCUT2D eigenvalue weighted by Crippen LogP contribution is 2.49. The number of ketones is 2. The maximum absolute atomic E-state index is 12.9. The molecule has 2 rings (SSSR count). The first-order chi connectivity index (χ1) is 24.4. The van der Waals surface area contributed by atoms with Gasteiger partial charge >= 0.3 is 7.82 Å². The van der Waals surface area contributed by atoms with Crippen molar-refractivity contribution in [2.24, 2.45) is 10.8 Å². The van der Waals surface area contributed by atoms with Crippen LogP contribution in [0.3, 0.4) is 0 Å². The van der Waals surface area contributed by atoms with E-state index < -0.39 is 38.5 Å². The fourth-order valence-electron chi connectivity index (χ4n) is 6.17. The smallest absolute Gasteiger partial charge is 0.472 e. The molecule has 0 amide bonds. The van der Waals surface area contributed by atoms with Gasteiger partial charge in [0.2, 0.25) is 0 Å². The Bertz CT molecular complexity index is 1850. The van der Waals surface area contributed by atoms with E-state index in [1.54, 1.807) is 13.8 Å². The van der Waals surface area contributed by atoms with Crippen LogP contribution in [0.1, 0.15) is 82.1 Å². The van der Waals surface area contributed by atoms with E-state index in [0.717, 1.165) is 47.2 Å². The number of phosphoric acid groups is 1. The van der Waals surface area contributed by atoms with Crippen LogP contribution in [-0.2, 0) is 32.3 Å². The zero-order chi connectivity index (χ0) is 40.4. The first-order valence-electron chi connectivity index (χ1n) is 17.5. The second-order valence-electron chi connectivity index (χ2n) is 15.0. The first-order valence-corrected chi connectivity index (χ1v) is 21.0. The molecule has 4 unspecified atom stereocenters. The van der Waals surface area contributed by atoms with Crippen molar-refractivity contribution in [1.29, 1.82) is 0 Å². The molecule has 11 heteroatoms. The van der Waals surface area contributed by atoms with Gasteiger partial charge in [-0.15, -0.1) is 0 Å². The van der Waals surface area contributed by atoms with Crippen LogP contribution >= 0.6 is 15.4 Å². The Morgan fingerprint density at radius 1 is 0.679 bits per heavy atom. The molecule has 2 aliphatic rings. The summed E-state index contributed by atoms with van der Waals surface area (Å²) in [6, 6.07) is 0. The van der Waals surface area contributed by atoms with Crippen molar-refractivity contribution in [3.05, 3.63) is 130 Å². The summed E-state index contributed by atoms with van der Waals surface area (Å²) in [5, 5.41) is 0. The SMILES string of the molecule is COP(=O)(O)OC1CC(C)(C)C(/C=C/C(C)=C/C=C/C(C)=C/C=C/C=C(C)/C=C/C=C(C)/C=C/C2=C(C)C(=O)C(OP(C)(=O)[O-])CC2(C)C)=C(C)C1=O. The van der Waals surface area contributed by atoms with Crippen molar-refractivity contribution in [2.75, 3.05) is 13.8 Å². The van der Waals surface area contributed by atoms with E-state index in [1.807, 2.05) is 140 Å². The average molecular weight is 768 g/mol. The summed E-state index contributed by atoms with van der Waals surface area (Å²) in [6.07, 6.45) is 26.2. The molecule has 9 nitrogen and oxygen atoms in total. The van der Waals surface area contributed by atoms with Gasteiger partial charge < -0.3 is 18.9 Å². The van der Waals surface area contributed by atoms with Crippen LogP contribution < -0.4 is 4.89 Å². The average Bonchev–Trinajstić information content (AvgIpc) is 3.03. The molecule has 0 aliphatic heterocycles. The number of carbonyl (C=O) groups is 2. The fraction of sp³-hybridized carbons (Fsp3) is 0.429. The normalized spacial score (nSPS) is 24.9. The van der Waals surface area contributed by atoms with E-state index in [1.165, 1.54) is 0 Å². The Balaban J connectivity index is 2.00. The molecule has 0 saturated carbocycles. The van der Waals surface area contributed by atoms with E-state index in [9.17, 15) is 28.5 Å². The lowest BCUT2D eigenvalue weighted by Crippen LogP contribution is -2.37. The maximum atomic E-state index is 12.9. The zero-order valence-corrected chi connectivity index (χ0v) is 35.0. The third kappa shape index (κ3) is 14.8. The summed E-state index contributed by atoms with van der Waals surface area (Å²) in [5.74, 6) is -0.615. The van der Waals surface area contributed by atoms with E-state index in [-0.39, 0.29) is 18.0 Å². The van der Waals surface area contributed by atoms with Crippen LogP contribution in [0.4, 0.5) is 0 Å². The number of hydrogen-bond acceptors (Lipinski definition) is 8. The molecule has 0 spiro atoms. The predicted octanol–water partition coefficient (Wildman–Crippen LogP) is 9.88. The van der Waals surface area contributed by atoms with Gasteiger partial charge in [0.15, 0.2) is 11.6 Å². The Hall–Kier alpha value is -3.26. The lowest BCUT2D eigenvalue weighted by Gasteiger charge is -2.38. The summed E-state index contributed by atoms with van der Waals surface area (Å²) in [6.45, 7) is 20.3. The second kappa shape index (κ2) is 19.4. The van der Waals surface area contributed by atoms with E-state index in [2.05, 4.69) is 4.52 Å². The van der Waals surface area contributed by atoms with Crippen LogP contribution in [-0.4, -0.2) is 42.4 Å². The Morgan fingerprint density at radius 3 is 1.38 bits per heavy atom. The summed E-state index contributed by atoms with van der Waals surface area (Å²) in [5.41, 5.74) is 5.99. The molecule has 0 heterocycles. The van der Waals surface area contributed by atoms with Crippen molar-refractivity contribution in [1.82, 2.24) is 0 Å². The number of carbonyl (C=O) groups excluding carboxylic acids is 2. The maximum Gasteiger partial charge on any atom is 0.472 e. The molecular weight excluding hydrogens is 710 g/mol. The molecule has 2 aliphatic carbocycles. The molecule has 0 aromatic rings. The topological polar surface area (TPSA) is 139 Å². The molecule has 0 radical (unpaired) electrons. The molecular formula is C42H57O9P2-. The fourth-order valence-corrected chi connectivity index (χ4v) is 7.38. The quantitative estimate of drug-likeness (QED) is 0.127. The van der Waals surface area contributed by atoms with E-state index in [4.69, 9.17) is 9.05 Å². The van der Waals surface area contributed by atoms with Crippen molar-refractivity contribution in [3.63, 3.8) is 0 Å². The zero-order valence-electron chi connectivity index (χ0n) is 33.3. The third-order valence-corrected chi connectivity index (χ3v) is 10.7. The Labute approximate surface area is 316 Å². The molecule has 0 aromatic heterocycles. The van der Waals surface area contributed by atoms with Crippen LogP contribution in [0.5, 0.6) is 0 Å². The summed E-state index contributed by atoms with van der Waals surface area (Å²) in [7, 11) is -7.25. The minimum absolute atomic E-state index is 0.260. The van der Waals surface area contributed by atoms with Crippen molar-refractivity contribution in [2.45, 2.75) is 94.3 Å². The lowest BCUT2D eigenvalue weighted by molar-refractivity contribution is -0.201. The van der Waals surface area contributed by atoms with Crippen molar-refractivity contribution >= 4 is 27.0 Å². The number of hydrogen-bond donors (Lipinski definition) is 1. The first kappa shape index (κ1) is 45.9. The van der Waals surface area contributed by atoms with Gasteiger partial charge in [-0.25, -0.2) is 4.57 Å². The van der Waals surface area contributed by atoms with Crippen molar-refractivity contribution in [3.8, 4) is 0 Å². The van der Waals surface area contributed by atoms with Crippen LogP contribution in [0.15, 0.2) is 130 Å². The van der Waals surface area contributed by atoms with Crippen molar-refractivity contribution < 1.29 is 42.1 Å². The summed E-state index contributed by atoms with van der Waals surface area (Å²) >= 11 is 0. The predicted molar refractivity (Wildman–Crippen MR) is 213 cm³/mol. The number of Topliss-reactive ketones (excluding diaryl/α,β-unsaturated/α-hetero) is 2. The van der Waals surface area contributed by atoms with Crippen LogP contribution in [0.25, 0.3) is 0 Å². The molecule has 0 fully saturated rings. The van der Waals surface area contributed by atoms with Crippen LogP contribution in [0, 0.1) is 10.8 Å². The summed E-state index contributed by atoms with van der Waals surface area (Å²) in [4.78, 5) is 47.0. The molecule has 4 atom stereocenters. The van der Waals surface area contributed by atoms with Gasteiger partial charge in [0.25, 0.3) is 0 Å². The van der Waals surface area contributed by atoms with Gasteiger partial charge in [-0.1, -0.05) is 135 Å². The van der Waals surface area contributed by atoms with Crippen LogP contribution in [0.2, 0.25) is 0 Å². The highest BCUT2D eigenvalue weighted by molar-refractivity contribution is 7.50. The van der Waals surface area contributed by atoms with Gasteiger partial charge in [-0.05, 0) is 87.5 Å². The standard InChI is InChI=1S/C42H58O9P2/c1-29(19-15-21-31(3)23-25-35-33(5)39(43)37(27-41(35,7)8)50-52(12,45)46)17-13-14-18-30(2)20-16-22-32(4)24-26-36-34(6)40(44)38(28-42(36,9)10)51-53(47,48)49-11/h13-26,37-38H,27-28H2,1-12H3,(H,45,46)(H,47,48)/p-1/b14-13+,19-15+,20-16+,25-23+,26-24+,29-17+,30-18+,31-21+,32-22+. The minimum Gasteiger partial charge on any atom is -0.779 e. The molecule has 1 N–H and O–H groups in total. The second-order valence-corrected chi connectivity index (χ2v) is 18.3. The van der Waals surface area contributed by atoms with Gasteiger partial charge in [0.05, 0.1) is 0 Å². The lowest BCUT2D eigenvalue weighted by atomic mass is 9.71. The monoisotopic (exact) mass is 767 g/mol. The molecule has 0 aromatic carbocycles.